The standard InChI is InChI=1S/C17H14ClF3N6/c1-10-6-14(17(19,20)21)26-27(10)13-4-2-11(3-5-13)8-23-15-12(7-22)9-24-16(18)25-15/h2-7,9,22H,8H2,1H3,(H,23,24,25). The zero-order valence-corrected chi connectivity index (χ0v) is 14.8. The molecule has 10 heteroatoms. The number of aryl methyl sites for hydroxylation is 1. The number of hydrogen-bond donors (Lipinski definition) is 2. The Morgan fingerprint density at radius 3 is 2.56 bits per heavy atom. The first kappa shape index (κ1) is 18.8. The molecule has 3 aromatic rings. The molecule has 2 aromatic heterocycles. The zero-order chi connectivity index (χ0) is 19.6. The average Bonchev–Trinajstić information content (AvgIpc) is 3.03. The lowest BCUT2D eigenvalue weighted by Crippen LogP contribution is -2.08. The molecule has 0 fully saturated rings. The molecule has 0 spiro atoms. The summed E-state index contributed by atoms with van der Waals surface area (Å²) in [5, 5.41) is 14.1. The second-order valence-electron chi connectivity index (χ2n) is 5.69. The molecule has 0 saturated heterocycles. The highest BCUT2D eigenvalue weighted by Gasteiger charge is 2.34. The maximum absolute atomic E-state index is 12.8. The van der Waals surface area contributed by atoms with Crippen molar-refractivity contribution >= 4 is 23.6 Å². The van der Waals surface area contributed by atoms with E-state index < -0.39 is 11.9 Å². The van der Waals surface area contributed by atoms with Crippen molar-refractivity contribution in [1.29, 1.82) is 5.41 Å². The third-order valence-corrected chi connectivity index (χ3v) is 3.94. The van der Waals surface area contributed by atoms with Gasteiger partial charge in [-0.25, -0.2) is 14.6 Å². The minimum atomic E-state index is -4.48. The lowest BCUT2D eigenvalue weighted by Gasteiger charge is -2.10. The summed E-state index contributed by atoms with van der Waals surface area (Å²) in [5.41, 5.74) is 1.34. The van der Waals surface area contributed by atoms with Crippen LogP contribution in [0.15, 0.2) is 36.5 Å². The zero-order valence-electron chi connectivity index (χ0n) is 14.0. The van der Waals surface area contributed by atoms with Crippen molar-refractivity contribution in [3.63, 3.8) is 0 Å². The largest absolute Gasteiger partial charge is 0.435 e. The van der Waals surface area contributed by atoms with Crippen LogP contribution in [-0.2, 0) is 12.7 Å². The van der Waals surface area contributed by atoms with E-state index in [1.807, 2.05) is 0 Å². The van der Waals surface area contributed by atoms with Crippen molar-refractivity contribution in [3.05, 3.63) is 64.3 Å². The van der Waals surface area contributed by atoms with Crippen molar-refractivity contribution in [3.8, 4) is 5.69 Å². The van der Waals surface area contributed by atoms with Crippen LogP contribution in [0.3, 0.4) is 0 Å². The van der Waals surface area contributed by atoms with Crippen molar-refractivity contribution < 1.29 is 13.2 Å². The minimum Gasteiger partial charge on any atom is -0.365 e. The summed E-state index contributed by atoms with van der Waals surface area (Å²) in [6, 6.07) is 7.91. The Morgan fingerprint density at radius 1 is 1.26 bits per heavy atom. The van der Waals surface area contributed by atoms with Crippen LogP contribution < -0.4 is 5.32 Å². The van der Waals surface area contributed by atoms with E-state index in [9.17, 15) is 13.2 Å². The summed E-state index contributed by atoms with van der Waals surface area (Å²) in [6.45, 7) is 1.95. The molecule has 0 saturated carbocycles. The van der Waals surface area contributed by atoms with Crippen molar-refractivity contribution in [2.75, 3.05) is 5.32 Å². The van der Waals surface area contributed by atoms with Gasteiger partial charge in [-0.15, -0.1) is 0 Å². The molecule has 1 aromatic carbocycles. The molecule has 27 heavy (non-hydrogen) atoms. The number of rotatable bonds is 5. The predicted octanol–water partition coefficient (Wildman–Crippen LogP) is 4.25. The van der Waals surface area contributed by atoms with Gasteiger partial charge >= 0.3 is 6.18 Å². The monoisotopic (exact) mass is 394 g/mol. The Labute approximate surface area is 157 Å². The maximum Gasteiger partial charge on any atom is 0.435 e. The summed E-state index contributed by atoms with van der Waals surface area (Å²) in [7, 11) is 0. The number of halogens is 4. The van der Waals surface area contributed by atoms with E-state index in [-0.39, 0.29) is 5.28 Å². The van der Waals surface area contributed by atoms with Crippen LogP contribution in [0.1, 0.15) is 22.5 Å². The van der Waals surface area contributed by atoms with Gasteiger partial charge in [0.15, 0.2) is 5.69 Å². The van der Waals surface area contributed by atoms with E-state index in [4.69, 9.17) is 17.0 Å². The molecule has 0 atom stereocenters. The molecular formula is C17H14ClF3N6. The second-order valence-corrected chi connectivity index (χ2v) is 6.03. The van der Waals surface area contributed by atoms with Crippen LogP contribution in [0.4, 0.5) is 19.0 Å². The number of nitrogens with one attached hydrogen (secondary N) is 2. The van der Waals surface area contributed by atoms with Gasteiger partial charge in [-0.3, -0.25) is 0 Å². The van der Waals surface area contributed by atoms with E-state index in [0.717, 1.165) is 17.8 Å². The molecule has 0 aliphatic heterocycles. The van der Waals surface area contributed by atoms with Crippen molar-refractivity contribution in [1.82, 2.24) is 19.7 Å². The predicted molar refractivity (Wildman–Crippen MR) is 95.6 cm³/mol. The molecular weight excluding hydrogens is 381 g/mol. The van der Waals surface area contributed by atoms with E-state index in [2.05, 4.69) is 20.4 Å². The molecule has 0 aliphatic carbocycles. The lowest BCUT2D eigenvalue weighted by molar-refractivity contribution is -0.141. The SMILES string of the molecule is Cc1cc(C(F)(F)F)nn1-c1ccc(CNc2nc(Cl)ncc2C=N)cc1. The molecule has 0 aliphatic rings. The van der Waals surface area contributed by atoms with Gasteiger partial charge in [0.2, 0.25) is 5.28 Å². The fourth-order valence-corrected chi connectivity index (χ4v) is 2.57. The molecule has 6 nitrogen and oxygen atoms in total. The fraction of sp³-hybridized carbons (Fsp3) is 0.176. The molecule has 3 rings (SSSR count). The van der Waals surface area contributed by atoms with Gasteiger partial charge in [-0.1, -0.05) is 12.1 Å². The molecule has 0 amide bonds. The Morgan fingerprint density at radius 2 is 1.96 bits per heavy atom. The number of anilines is 1. The molecule has 0 radical (unpaired) electrons. The molecule has 0 bridgehead atoms. The summed E-state index contributed by atoms with van der Waals surface area (Å²) in [4.78, 5) is 7.84. The quantitative estimate of drug-likeness (QED) is 0.500. The highest BCUT2D eigenvalue weighted by Crippen LogP contribution is 2.29. The van der Waals surface area contributed by atoms with Crippen LogP contribution in [0.2, 0.25) is 5.28 Å². The lowest BCUT2D eigenvalue weighted by atomic mass is 10.2. The Hall–Kier alpha value is -2.94. The van der Waals surface area contributed by atoms with E-state index in [1.165, 1.54) is 10.9 Å². The van der Waals surface area contributed by atoms with Crippen molar-refractivity contribution in [2.24, 2.45) is 0 Å². The van der Waals surface area contributed by atoms with Crippen LogP contribution >= 0.6 is 11.6 Å². The summed E-state index contributed by atoms with van der Waals surface area (Å²) in [5.74, 6) is 0.423. The van der Waals surface area contributed by atoms with E-state index in [1.54, 1.807) is 31.2 Å². The number of hydrogen-bond acceptors (Lipinski definition) is 5. The Kier molecular flexibility index (Phi) is 5.13. The summed E-state index contributed by atoms with van der Waals surface area (Å²) >= 11 is 5.77. The van der Waals surface area contributed by atoms with Gasteiger partial charge in [0.05, 0.1) is 11.3 Å². The maximum atomic E-state index is 12.8. The van der Waals surface area contributed by atoms with Gasteiger partial charge in [-0.2, -0.15) is 18.3 Å². The van der Waals surface area contributed by atoms with E-state index >= 15 is 0 Å². The molecule has 2 heterocycles. The molecule has 140 valence electrons. The molecule has 0 unspecified atom stereocenters. The molecule has 2 N–H and O–H groups in total. The first-order chi connectivity index (χ1) is 12.8. The highest BCUT2D eigenvalue weighted by atomic mass is 35.5. The third kappa shape index (κ3) is 4.25. The average molecular weight is 395 g/mol. The highest BCUT2D eigenvalue weighted by molar-refractivity contribution is 6.28. The summed E-state index contributed by atoms with van der Waals surface area (Å²) < 4.78 is 39.6. The smallest absolute Gasteiger partial charge is 0.365 e. The van der Waals surface area contributed by atoms with Gasteiger partial charge in [0, 0.05) is 24.7 Å². The number of benzene rings is 1. The van der Waals surface area contributed by atoms with Gasteiger partial charge in [-0.05, 0) is 42.3 Å². The number of aromatic nitrogens is 4. The first-order valence-electron chi connectivity index (χ1n) is 7.78. The Balaban J connectivity index is 1.76. The van der Waals surface area contributed by atoms with Gasteiger partial charge in [0.25, 0.3) is 0 Å². The first-order valence-corrected chi connectivity index (χ1v) is 8.16. The van der Waals surface area contributed by atoms with Crippen LogP contribution in [-0.4, -0.2) is 26.0 Å². The fourth-order valence-electron chi connectivity index (χ4n) is 2.43. The van der Waals surface area contributed by atoms with Crippen LogP contribution in [0, 0.1) is 12.3 Å². The topological polar surface area (TPSA) is 79.5 Å². The summed E-state index contributed by atoms with van der Waals surface area (Å²) in [6.07, 6.45) is -1.93. The van der Waals surface area contributed by atoms with Crippen molar-refractivity contribution in [2.45, 2.75) is 19.6 Å². The van der Waals surface area contributed by atoms with Gasteiger partial charge in [0.1, 0.15) is 5.82 Å². The third-order valence-electron chi connectivity index (χ3n) is 3.76. The number of nitrogens with zero attached hydrogens (tertiary/aromatic N) is 4. The second kappa shape index (κ2) is 7.36. The number of alkyl halides is 3. The Bertz CT molecular complexity index is 966. The van der Waals surface area contributed by atoms with E-state index in [0.29, 0.717) is 29.3 Å². The van der Waals surface area contributed by atoms with Gasteiger partial charge < -0.3 is 10.7 Å². The minimum absolute atomic E-state index is 0.0630. The normalized spacial score (nSPS) is 11.4. The van der Waals surface area contributed by atoms with Crippen LogP contribution in [0.5, 0.6) is 0 Å². The van der Waals surface area contributed by atoms with Crippen LogP contribution in [0.25, 0.3) is 5.69 Å².